The third-order valence-electron chi connectivity index (χ3n) is 5.23. The second-order valence-electron chi connectivity index (χ2n) is 7.28. The number of nitrogens with zero attached hydrogens (tertiary/aromatic N) is 3. The van der Waals surface area contributed by atoms with Crippen molar-refractivity contribution in [2.24, 2.45) is 0 Å². The largest absolute Gasteiger partial charge is 0.483 e. The SMILES string of the molecule is CCC(=O)N1CCC2(C1)CN(Cc1csc(C)n1)S(=O)(=O)c1ccccc1O2. The summed E-state index contributed by atoms with van der Waals surface area (Å²) in [6, 6.07) is 6.73. The summed E-state index contributed by atoms with van der Waals surface area (Å²) in [4.78, 5) is 18.6. The molecule has 0 N–H and O–H groups in total. The molecule has 28 heavy (non-hydrogen) atoms. The number of likely N-dealkylation sites (tertiary alicyclic amines) is 1. The van der Waals surface area contributed by atoms with E-state index in [4.69, 9.17) is 4.74 Å². The van der Waals surface area contributed by atoms with Crippen molar-refractivity contribution in [3.05, 3.63) is 40.3 Å². The average Bonchev–Trinajstić information content (AvgIpc) is 3.25. The van der Waals surface area contributed by atoms with Crippen molar-refractivity contribution in [2.45, 2.75) is 43.7 Å². The van der Waals surface area contributed by atoms with Crippen LogP contribution in [-0.2, 0) is 21.4 Å². The van der Waals surface area contributed by atoms with Gasteiger partial charge in [0.05, 0.1) is 30.3 Å². The molecule has 0 radical (unpaired) electrons. The number of benzene rings is 1. The molecule has 0 saturated carbocycles. The zero-order chi connectivity index (χ0) is 19.9. The highest BCUT2D eigenvalue weighted by molar-refractivity contribution is 7.89. The van der Waals surface area contributed by atoms with Gasteiger partial charge in [0.15, 0.2) is 0 Å². The van der Waals surface area contributed by atoms with Crippen LogP contribution in [-0.4, -0.2) is 53.7 Å². The first kappa shape index (κ1) is 19.4. The summed E-state index contributed by atoms with van der Waals surface area (Å²) >= 11 is 1.50. The molecule has 1 fully saturated rings. The number of thiazole rings is 1. The Hall–Kier alpha value is -1.97. The van der Waals surface area contributed by atoms with E-state index >= 15 is 0 Å². The highest BCUT2D eigenvalue weighted by Gasteiger charge is 2.48. The molecule has 3 heterocycles. The first-order chi connectivity index (χ1) is 13.3. The van der Waals surface area contributed by atoms with Crippen LogP contribution in [0.1, 0.15) is 30.5 Å². The molecule has 1 spiro atoms. The van der Waals surface area contributed by atoms with Crippen LogP contribution in [0.25, 0.3) is 0 Å². The summed E-state index contributed by atoms with van der Waals surface area (Å²) < 4.78 is 34.5. The number of fused-ring (bicyclic) bond motifs is 1. The van der Waals surface area contributed by atoms with Crippen molar-refractivity contribution >= 4 is 27.3 Å². The van der Waals surface area contributed by atoms with E-state index in [-0.39, 0.29) is 23.9 Å². The molecule has 1 unspecified atom stereocenters. The number of hydrogen-bond donors (Lipinski definition) is 0. The van der Waals surface area contributed by atoms with Gasteiger partial charge in [-0.1, -0.05) is 19.1 Å². The van der Waals surface area contributed by atoms with E-state index in [0.717, 1.165) is 10.7 Å². The predicted molar refractivity (Wildman–Crippen MR) is 106 cm³/mol. The zero-order valence-electron chi connectivity index (χ0n) is 15.9. The van der Waals surface area contributed by atoms with Gasteiger partial charge in [-0.05, 0) is 19.1 Å². The fraction of sp³-hybridized carbons (Fsp3) is 0.474. The van der Waals surface area contributed by atoms with Crippen molar-refractivity contribution in [2.75, 3.05) is 19.6 Å². The third-order valence-corrected chi connectivity index (χ3v) is 7.89. The molecule has 9 heteroatoms. The van der Waals surface area contributed by atoms with Crippen LogP contribution in [0.4, 0.5) is 0 Å². The van der Waals surface area contributed by atoms with E-state index in [1.54, 1.807) is 29.2 Å². The Morgan fingerprint density at radius 3 is 2.82 bits per heavy atom. The number of ether oxygens (including phenoxy) is 1. The maximum atomic E-state index is 13.4. The molecular weight excluding hydrogens is 398 g/mol. The number of aryl methyl sites for hydroxylation is 1. The monoisotopic (exact) mass is 421 g/mol. The molecule has 1 aromatic carbocycles. The van der Waals surface area contributed by atoms with Gasteiger partial charge < -0.3 is 9.64 Å². The van der Waals surface area contributed by atoms with Gasteiger partial charge in [0.25, 0.3) is 0 Å². The Balaban J connectivity index is 1.74. The second-order valence-corrected chi connectivity index (χ2v) is 10.3. The minimum Gasteiger partial charge on any atom is -0.483 e. The Morgan fingerprint density at radius 1 is 1.32 bits per heavy atom. The Bertz CT molecular complexity index is 1000. The number of hydrogen-bond acceptors (Lipinski definition) is 6. The van der Waals surface area contributed by atoms with Gasteiger partial charge in [-0.25, -0.2) is 13.4 Å². The van der Waals surface area contributed by atoms with Crippen LogP contribution >= 0.6 is 11.3 Å². The molecule has 2 aromatic rings. The lowest BCUT2D eigenvalue weighted by Gasteiger charge is -2.31. The number of para-hydroxylation sites is 1. The van der Waals surface area contributed by atoms with Crippen molar-refractivity contribution in [3.8, 4) is 5.75 Å². The molecular formula is C19H23N3O4S2. The van der Waals surface area contributed by atoms with Gasteiger partial charge in [-0.3, -0.25) is 4.79 Å². The summed E-state index contributed by atoms with van der Waals surface area (Å²) in [7, 11) is -3.75. The molecule has 1 atom stereocenters. The lowest BCUT2D eigenvalue weighted by Crippen LogP contribution is -2.49. The fourth-order valence-corrected chi connectivity index (χ4v) is 6.06. The lowest BCUT2D eigenvalue weighted by atomic mass is 10.0. The van der Waals surface area contributed by atoms with E-state index in [2.05, 4.69) is 4.98 Å². The molecule has 4 rings (SSSR count). The number of sulfonamides is 1. The van der Waals surface area contributed by atoms with Crippen LogP contribution < -0.4 is 4.74 Å². The zero-order valence-corrected chi connectivity index (χ0v) is 17.6. The highest BCUT2D eigenvalue weighted by Crippen LogP contribution is 2.39. The Kier molecular flexibility index (Phi) is 4.93. The van der Waals surface area contributed by atoms with Crippen LogP contribution in [0.2, 0.25) is 0 Å². The topological polar surface area (TPSA) is 79.8 Å². The minimum absolute atomic E-state index is 0.0579. The molecule has 150 valence electrons. The Labute approximate surface area is 169 Å². The maximum absolute atomic E-state index is 13.4. The molecule has 1 aromatic heterocycles. The highest BCUT2D eigenvalue weighted by atomic mass is 32.2. The van der Waals surface area contributed by atoms with Crippen molar-refractivity contribution in [1.29, 1.82) is 0 Å². The minimum atomic E-state index is -3.75. The second kappa shape index (κ2) is 7.13. The number of carbonyl (C=O) groups excluding carboxylic acids is 1. The van der Waals surface area contributed by atoms with Crippen LogP contribution in [0.5, 0.6) is 5.75 Å². The van der Waals surface area contributed by atoms with Gasteiger partial charge in [0.2, 0.25) is 15.9 Å². The number of carbonyl (C=O) groups is 1. The number of rotatable bonds is 3. The summed E-state index contributed by atoms with van der Waals surface area (Å²) in [6.45, 7) is 5.06. The van der Waals surface area contributed by atoms with Crippen LogP contribution in [0, 0.1) is 6.92 Å². The summed E-state index contributed by atoms with van der Waals surface area (Å²) in [6.07, 6.45) is 1.02. The van der Waals surface area contributed by atoms with Crippen molar-refractivity contribution in [3.63, 3.8) is 0 Å². The smallest absolute Gasteiger partial charge is 0.247 e. The van der Waals surface area contributed by atoms with E-state index in [0.29, 0.717) is 31.7 Å². The molecule has 2 aliphatic rings. The average molecular weight is 422 g/mol. The molecule has 0 aliphatic carbocycles. The van der Waals surface area contributed by atoms with Gasteiger partial charge in [0, 0.05) is 24.8 Å². The number of aromatic nitrogens is 1. The van der Waals surface area contributed by atoms with Crippen LogP contribution in [0.3, 0.4) is 0 Å². The normalized spacial score (nSPS) is 24.0. The van der Waals surface area contributed by atoms with Crippen molar-refractivity contribution < 1.29 is 17.9 Å². The van der Waals surface area contributed by atoms with E-state index in [9.17, 15) is 13.2 Å². The first-order valence-electron chi connectivity index (χ1n) is 9.30. The molecule has 0 bridgehead atoms. The van der Waals surface area contributed by atoms with Gasteiger partial charge >= 0.3 is 0 Å². The lowest BCUT2D eigenvalue weighted by molar-refractivity contribution is -0.130. The quantitative estimate of drug-likeness (QED) is 0.760. The maximum Gasteiger partial charge on any atom is 0.247 e. The predicted octanol–water partition coefficient (Wildman–Crippen LogP) is 2.42. The Morgan fingerprint density at radius 2 is 2.11 bits per heavy atom. The molecule has 1 amide bonds. The van der Waals surface area contributed by atoms with Gasteiger partial charge in [-0.2, -0.15) is 4.31 Å². The summed E-state index contributed by atoms with van der Waals surface area (Å²) in [5.41, 5.74) is -0.0321. The summed E-state index contributed by atoms with van der Waals surface area (Å²) in [5.74, 6) is 0.410. The molecule has 7 nitrogen and oxygen atoms in total. The van der Waals surface area contributed by atoms with Gasteiger partial charge in [-0.15, -0.1) is 11.3 Å². The van der Waals surface area contributed by atoms with Gasteiger partial charge in [0.1, 0.15) is 16.2 Å². The molecule has 2 aliphatic heterocycles. The molecule has 1 saturated heterocycles. The van der Waals surface area contributed by atoms with Crippen LogP contribution in [0.15, 0.2) is 34.5 Å². The summed E-state index contributed by atoms with van der Waals surface area (Å²) in [5, 5.41) is 2.78. The third kappa shape index (κ3) is 3.42. The van der Waals surface area contributed by atoms with E-state index in [1.807, 2.05) is 19.2 Å². The first-order valence-corrected chi connectivity index (χ1v) is 11.6. The standard InChI is InChI=1S/C19H23N3O4S2/c1-3-18(23)21-9-8-19(12-21)13-22(10-15-11-27-14(2)20-15)28(24,25)17-7-5-4-6-16(17)26-19/h4-7,11H,3,8-10,12-13H2,1-2H3. The van der Waals surface area contributed by atoms with Crippen molar-refractivity contribution in [1.82, 2.24) is 14.2 Å². The fourth-order valence-electron chi connectivity index (χ4n) is 3.85. The number of amides is 1. The van der Waals surface area contributed by atoms with E-state index in [1.165, 1.54) is 15.6 Å². The van der Waals surface area contributed by atoms with E-state index < -0.39 is 15.6 Å².